The summed E-state index contributed by atoms with van der Waals surface area (Å²) < 4.78 is 5.88. The van der Waals surface area contributed by atoms with Crippen molar-refractivity contribution in [3.05, 3.63) is 81.3 Å². The van der Waals surface area contributed by atoms with Gasteiger partial charge < -0.3 is 19.8 Å². The van der Waals surface area contributed by atoms with E-state index in [1.807, 2.05) is 32.0 Å². The van der Waals surface area contributed by atoms with Gasteiger partial charge in [0, 0.05) is 42.2 Å². The fourth-order valence-corrected chi connectivity index (χ4v) is 6.68. The van der Waals surface area contributed by atoms with Crippen molar-refractivity contribution in [3.8, 4) is 5.75 Å². The molecule has 2 aliphatic heterocycles. The van der Waals surface area contributed by atoms with Gasteiger partial charge in [-0.05, 0) is 75.7 Å². The lowest BCUT2D eigenvalue weighted by atomic mass is 9.72. The fourth-order valence-electron chi connectivity index (χ4n) is 6.29. The molecule has 0 bridgehead atoms. The zero-order valence-corrected chi connectivity index (χ0v) is 28.3. The van der Waals surface area contributed by atoms with Crippen LogP contribution < -0.4 is 19.7 Å². The molecule has 0 fully saturated rings. The van der Waals surface area contributed by atoms with Crippen LogP contribution in [0, 0.1) is 11.8 Å². The van der Waals surface area contributed by atoms with Gasteiger partial charge in [0.2, 0.25) is 0 Å². The molecule has 250 valence electrons. The number of anilines is 3. The summed E-state index contributed by atoms with van der Waals surface area (Å²) in [5.41, 5.74) is 2.20. The Hall–Kier alpha value is -4.94. The number of aromatic carboxylic acids is 2. The Labute approximate surface area is 286 Å². The molecule has 2 N–H and O–H groups in total. The maximum atomic E-state index is 14.4. The lowest BCUT2D eigenvalue weighted by Gasteiger charge is -2.31. The van der Waals surface area contributed by atoms with Crippen LogP contribution in [0.25, 0.3) is 0 Å². The van der Waals surface area contributed by atoms with Crippen molar-refractivity contribution in [2.75, 3.05) is 35.1 Å². The average Bonchev–Trinajstić information content (AvgIpc) is 3.52. The topological polar surface area (TPSA) is 152 Å². The Morgan fingerprint density at radius 3 is 1.67 bits per heavy atom. The Kier molecular flexibility index (Phi) is 9.79. The van der Waals surface area contributed by atoms with Gasteiger partial charge in [0.15, 0.2) is 0 Å². The zero-order valence-electron chi connectivity index (χ0n) is 26.8. The number of benzene rings is 3. The first-order valence-corrected chi connectivity index (χ1v) is 15.8. The Bertz CT molecular complexity index is 1790. The average molecular weight is 695 g/mol. The van der Waals surface area contributed by atoms with E-state index >= 15 is 0 Å². The Balaban J connectivity index is 1.64. The number of amides is 2. The van der Waals surface area contributed by atoms with Gasteiger partial charge in [0.25, 0.3) is 11.8 Å². The largest absolute Gasteiger partial charge is 0.496 e. The van der Waals surface area contributed by atoms with Gasteiger partial charge in [-0.25, -0.2) is 19.6 Å². The maximum absolute atomic E-state index is 14.4. The highest BCUT2D eigenvalue weighted by molar-refractivity contribution is 6.34. The second-order valence-electron chi connectivity index (χ2n) is 11.3. The van der Waals surface area contributed by atoms with Gasteiger partial charge in [-0.3, -0.25) is 9.59 Å². The van der Waals surface area contributed by atoms with Gasteiger partial charge in [-0.2, -0.15) is 10.2 Å². The number of carboxylic acid groups (broad SMARTS) is 2. The summed E-state index contributed by atoms with van der Waals surface area (Å²) in [5.74, 6) is -5.96. The van der Waals surface area contributed by atoms with E-state index in [0.29, 0.717) is 22.7 Å². The monoisotopic (exact) mass is 693 g/mol. The van der Waals surface area contributed by atoms with Crippen LogP contribution in [0.2, 0.25) is 10.0 Å². The molecule has 0 radical (unpaired) electrons. The van der Waals surface area contributed by atoms with Crippen molar-refractivity contribution < 1.29 is 34.1 Å². The number of hydrogen-bond acceptors (Lipinski definition) is 8. The van der Waals surface area contributed by atoms with E-state index < -0.39 is 41.5 Å². The number of hydrazone groups is 2. The first kappa shape index (κ1) is 34.4. The van der Waals surface area contributed by atoms with Crippen molar-refractivity contribution in [1.82, 2.24) is 0 Å². The molecule has 48 heavy (non-hydrogen) atoms. The number of hydrogen-bond donors (Lipinski definition) is 2. The van der Waals surface area contributed by atoms with E-state index in [1.165, 1.54) is 43.5 Å². The molecule has 0 unspecified atom stereocenters. The van der Waals surface area contributed by atoms with Gasteiger partial charge in [0.1, 0.15) is 5.75 Å². The molecule has 0 saturated heterocycles. The number of carbonyl (C=O) groups is 4. The second kappa shape index (κ2) is 13.7. The second-order valence-corrected chi connectivity index (χ2v) is 12.1. The van der Waals surface area contributed by atoms with Crippen molar-refractivity contribution in [3.63, 3.8) is 0 Å². The summed E-state index contributed by atoms with van der Waals surface area (Å²) in [5, 5.41) is 30.6. The summed E-state index contributed by atoms with van der Waals surface area (Å²) in [6.45, 7) is 8.88. The minimum absolute atomic E-state index is 0.00258. The van der Waals surface area contributed by atoms with E-state index in [4.69, 9.17) is 27.9 Å². The number of carboxylic acids is 2. The van der Waals surface area contributed by atoms with Crippen LogP contribution >= 0.6 is 23.2 Å². The lowest BCUT2D eigenvalue weighted by molar-refractivity contribution is -0.122. The number of carbonyl (C=O) groups excluding carboxylic acids is 2. The van der Waals surface area contributed by atoms with Crippen molar-refractivity contribution in [1.29, 1.82) is 0 Å². The molecule has 5 rings (SSSR count). The summed E-state index contributed by atoms with van der Waals surface area (Å²) in [7, 11) is 1.51. The van der Waals surface area contributed by atoms with Gasteiger partial charge in [-0.1, -0.05) is 29.3 Å². The molecular weight excluding hydrogens is 661 g/mol. The quantitative estimate of drug-likeness (QED) is 0.234. The number of methoxy groups -OCH3 is 1. The summed E-state index contributed by atoms with van der Waals surface area (Å²) in [6, 6.07) is 13.9. The molecule has 2 aliphatic rings. The van der Waals surface area contributed by atoms with Crippen LogP contribution in [0.1, 0.15) is 59.9 Å². The van der Waals surface area contributed by atoms with E-state index in [1.54, 1.807) is 13.8 Å². The summed E-state index contributed by atoms with van der Waals surface area (Å²) in [6.07, 6.45) is 0. The van der Waals surface area contributed by atoms with Crippen molar-refractivity contribution >= 4 is 75.4 Å². The molecule has 0 aromatic heterocycles. The normalized spacial score (nSPS) is 17.6. The number of nitrogens with zero attached hydrogens (tertiary/aromatic N) is 5. The minimum Gasteiger partial charge on any atom is -0.496 e. The minimum atomic E-state index is -1.27. The van der Waals surface area contributed by atoms with Crippen LogP contribution in [0.4, 0.5) is 17.1 Å². The predicted molar refractivity (Wildman–Crippen MR) is 184 cm³/mol. The smallest absolute Gasteiger partial charge is 0.337 e. The molecule has 3 aromatic rings. The lowest BCUT2D eigenvalue weighted by Crippen LogP contribution is -2.40. The SMILES string of the molecule is CCN(CC)c1ccc(C([C@H]2C(=O)N(c3ccc(Cl)c(C(=O)O)c3)N=C2C)[C@H]2C(=O)N(c3ccc(Cl)c(C(=O)O)c3)N=C2C)c(OC)c1. The van der Waals surface area contributed by atoms with Crippen LogP contribution in [-0.4, -0.2) is 65.6 Å². The third-order valence-corrected chi connectivity index (χ3v) is 9.30. The van der Waals surface area contributed by atoms with Crippen molar-refractivity contribution in [2.24, 2.45) is 22.0 Å². The Morgan fingerprint density at radius 2 is 1.27 bits per heavy atom. The third kappa shape index (κ3) is 6.09. The fraction of sp³-hybridized carbons (Fsp3) is 0.294. The van der Waals surface area contributed by atoms with Gasteiger partial charge in [-0.15, -0.1) is 0 Å². The molecule has 3 aromatic carbocycles. The third-order valence-electron chi connectivity index (χ3n) is 8.64. The zero-order chi connectivity index (χ0) is 35.0. The van der Waals surface area contributed by atoms with Gasteiger partial charge in [0.05, 0.1) is 51.5 Å². The standard InChI is InChI=1S/C34H33Cl2N5O7/c1-6-39(7-2)19-8-11-22(27(16-19)48-5)30(28-17(3)37-40(31(28)42)20-9-12-25(35)23(14-20)33(44)45)29-18(4)38-41(32(29)43)21-10-13-26(36)24(15-21)34(46)47/h8-16,28-30H,6-7H2,1-5H3,(H,44,45)(H,46,47)/t28-,29-/m0/s1. The predicted octanol–water partition coefficient (Wildman–Crippen LogP) is 6.41. The first-order valence-electron chi connectivity index (χ1n) is 15.1. The van der Waals surface area contributed by atoms with Crippen LogP contribution in [0.15, 0.2) is 64.8 Å². The van der Waals surface area contributed by atoms with Crippen LogP contribution in [0.3, 0.4) is 0 Å². The van der Waals surface area contributed by atoms with Crippen LogP contribution in [0.5, 0.6) is 5.75 Å². The molecular formula is C34H33Cl2N5O7. The molecule has 0 aliphatic carbocycles. The maximum Gasteiger partial charge on any atom is 0.337 e. The van der Waals surface area contributed by atoms with E-state index in [-0.39, 0.29) is 32.5 Å². The first-order chi connectivity index (χ1) is 22.8. The molecule has 2 atom stereocenters. The Morgan fingerprint density at radius 1 is 0.812 bits per heavy atom. The highest BCUT2D eigenvalue weighted by Crippen LogP contribution is 2.46. The summed E-state index contributed by atoms with van der Waals surface area (Å²) in [4.78, 5) is 54.5. The van der Waals surface area contributed by atoms with Crippen LogP contribution in [-0.2, 0) is 9.59 Å². The molecule has 2 amide bonds. The van der Waals surface area contributed by atoms with E-state index in [9.17, 15) is 29.4 Å². The molecule has 0 spiro atoms. The van der Waals surface area contributed by atoms with Crippen molar-refractivity contribution in [2.45, 2.75) is 33.6 Å². The number of rotatable bonds is 11. The summed E-state index contributed by atoms with van der Waals surface area (Å²) >= 11 is 12.2. The number of ether oxygens (including phenoxy) is 1. The molecule has 2 heterocycles. The van der Waals surface area contributed by atoms with Gasteiger partial charge >= 0.3 is 11.9 Å². The molecule has 12 nitrogen and oxygen atoms in total. The van der Waals surface area contributed by atoms with E-state index in [2.05, 4.69) is 15.1 Å². The number of halogens is 2. The molecule has 0 saturated carbocycles. The highest BCUT2D eigenvalue weighted by atomic mass is 35.5. The molecule has 14 heteroatoms. The highest BCUT2D eigenvalue weighted by Gasteiger charge is 2.51. The van der Waals surface area contributed by atoms with E-state index in [0.717, 1.165) is 28.8 Å².